The molecule has 0 saturated carbocycles. The van der Waals surface area contributed by atoms with Crippen molar-refractivity contribution in [2.75, 3.05) is 0 Å². The predicted molar refractivity (Wildman–Crippen MR) is 91.4 cm³/mol. The fraction of sp³-hybridized carbons (Fsp3) is 0.111. The average molecular weight is 430 g/mol. The number of hydrogen-bond donors (Lipinski definition) is 0. The Morgan fingerprint density at radius 2 is 1.55 bits per heavy atom. The van der Waals surface area contributed by atoms with E-state index in [0.717, 1.165) is 11.6 Å². The Morgan fingerprint density at radius 1 is 0.897 bits per heavy atom. The van der Waals surface area contributed by atoms with Crippen LogP contribution in [0.4, 0.5) is 22.0 Å². The average Bonchev–Trinajstić information content (AvgIpc) is 2.63. The molecule has 3 aromatic rings. The SMILES string of the molecule is Cc1ccc(S(=O)(=O)Oc2cc(C(F)(F)F)nnc2-c2ccc(F)c(F)c2)cc1. The van der Waals surface area contributed by atoms with E-state index >= 15 is 0 Å². The van der Waals surface area contributed by atoms with Crippen molar-refractivity contribution in [1.29, 1.82) is 0 Å². The number of rotatable bonds is 4. The lowest BCUT2D eigenvalue weighted by Gasteiger charge is -2.13. The quantitative estimate of drug-likeness (QED) is 0.450. The normalized spacial score (nSPS) is 12.1. The molecule has 1 heterocycles. The van der Waals surface area contributed by atoms with Crippen LogP contribution in [0.25, 0.3) is 11.3 Å². The molecular formula is C18H11F5N2O3S. The Balaban J connectivity index is 2.13. The van der Waals surface area contributed by atoms with Crippen LogP contribution >= 0.6 is 0 Å². The van der Waals surface area contributed by atoms with Crippen LogP contribution in [0.1, 0.15) is 11.3 Å². The molecule has 5 nitrogen and oxygen atoms in total. The Kier molecular flexibility index (Phi) is 5.26. The van der Waals surface area contributed by atoms with Gasteiger partial charge in [-0.2, -0.15) is 21.6 Å². The smallest absolute Gasteiger partial charge is 0.376 e. The summed E-state index contributed by atoms with van der Waals surface area (Å²) in [5, 5.41) is 6.32. The molecule has 0 radical (unpaired) electrons. The highest BCUT2D eigenvalue weighted by molar-refractivity contribution is 7.87. The van der Waals surface area contributed by atoms with Crippen molar-refractivity contribution in [2.24, 2.45) is 0 Å². The Hall–Kier alpha value is -3.08. The van der Waals surface area contributed by atoms with Gasteiger partial charge in [-0.25, -0.2) is 8.78 Å². The van der Waals surface area contributed by atoms with Crippen molar-refractivity contribution in [3.63, 3.8) is 0 Å². The molecule has 0 saturated heterocycles. The Morgan fingerprint density at radius 3 is 2.14 bits per heavy atom. The zero-order valence-corrected chi connectivity index (χ0v) is 15.4. The van der Waals surface area contributed by atoms with E-state index in [1.165, 1.54) is 24.3 Å². The maximum Gasteiger partial charge on any atom is 0.435 e. The fourth-order valence-electron chi connectivity index (χ4n) is 2.29. The van der Waals surface area contributed by atoms with Crippen molar-refractivity contribution in [3.8, 4) is 17.0 Å². The van der Waals surface area contributed by atoms with E-state index in [9.17, 15) is 30.4 Å². The molecule has 0 aliphatic rings. The van der Waals surface area contributed by atoms with E-state index in [-0.39, 0.29) is 10.5 Å². The first-order chi connectivity index (χ1) is 13.5. The standard InChI is InChI=1S/C18H11F5N2O3S/c1-10-2-5-12(6-3-10)29(26,27)28-15-9-16(18(21,22)23)24-25-17(15)11-4-7-13(19)14(20)8-11/h2-9H,1H3. The van der Waals surface area contributed by atoms with Gasteiger partial charge in [0.1, 0.15) is 10.6 Å². The molecule has 3 rings (SSSR count). The monoisotopic (exact) mass is 430 g/mol. The Labute approximate surface area is 161 Å². The van der Waals surface area contributed by atoms with E-state index in [2.05, 4.69) is 10.2 Å². The zero-order chi connectivity index (χ0) is 21.4. The largest absolute Gasteiger partial charge is 0.435 e. The van der Waals surface area contributed by atoms with Crippen LogP contribution in [0.2, 0.25) is 0 Å². The zero-order valence-electron chi connectivity index (χ0n) is 14.5. The molecule has 29 heavy (non-hydrogen) atoms. The van der Waals surface area contributed by atoms with Crippen LogP contribution in [-0.4, -0.2) is 18.6 Å². The molecule has 0 atom stereocenters. The molecular weight excluding hydrogens is 419 g/mol. The van der Waals surface area contributed by atoms with Gasteiger partial charge in [0.15, 0.2) is 23.1 Å². The van der Waals surface area contributed by atoms with Crippen molar-refractivity contribution >= 4 is 10.1 Å². The molecule has 0 amide bonds. The summed E-state index contributed by atoms with van der Waals surface area (Å²) >= 11 is 0. The third-order valence-corrected chi connectivity index (χ3v) is 5.00. The van der Waals surface area contributed by atoms with E-state index in [1.807, 2.05) is 0 Å². The van der Waals surface area contributed by atoms with E-state index in [0.29, 0.717) is 18.2 Å². The van der Waals surface area contributed by atoms with Crippen LogP contribution in [0.5, 0.6) is 5.75 Å². The lowest BCUT2D eigenvalue weighted by molar-refractivity contribution is -0.141. The van der Waals surface area contributed by atoms with Crippen LogP contribution in [0.15, 0.2) is 53.4 Å². The number of alkyl halides is 3. The van der Waals surface area contributed by atoms with E-state index in [4.69, 9.17) is 4.18 Å². The fourth-order valence-corrected chi connectivity index (χ4v) is 3.22. The van der Waals surface area contributed by atoms with Gasteiger partial charge in [0.2, 0.25) is 0 Å². The number of halogens is 5. The molecule has 0 aliphatic carbocycles. The Bertz CT molecular complexity index is 1160. The van der Waals surface area contributed by atoms with Gasteiger partial charge in [-0.3, -0.25) is 0 Å². The molecule has 1 aromatic heterocycles. The van der Waals surface area contributed by atoms with Gasteiger partial charge in [0, 0.05) is 11.6 Å². The lowest BCUT2D eigenvalue weighted by atomic mass is 10.1. The summed E-state index contributed by atoms with van der Waals surface area (Å²) in [5.74, 6) is -3.35. The molecule has 0 aliphatic heterocycles. The van der Waals surface area contributed by atoms with E-state index < -0.39 is 45.1 Å². The van der Waals surface area contributed by atoms with Crippen LogP contribution in [-0.2, 0) is 16.3 Å². The van der Waals surface area contributed by atoms with Gasteiger partial charge in [0.05, 0.1) is 0 Å². The predicted octanol–water partition coefficient (Wildman–Crippen LogP) is 4.52. The van der Waals surface area contributed by atoms with Gasteiger partial charge in [0.25, 0.3) is 0 Å². The summed E-state index contributed by atoms with van der Waals surface area (Å²) in [6.07, 6.45) is -4.94. The first-order valence-corrected chi connectivity index (χ1v) is 9.30. The van der Waals surface area contributed by atoms with Crippen LogP contribution in [0.3, 0.4) is 0 Å². The van der Waals surface area contributed by atoms with Crippen LogP contribution in [0, 0.1) is 18.6 Å². The van der Waals surface area contributed by atoms with Gasteiger partial charge in [-0.15, -0.1) is 10.2 Å². The summed E-state index contributed by atoms with van der Waals surface area (Å²) < 4.78 is 95.6. The second-order valence-electron chi connectivity index (χ2n) is 5.92. The molecule has 0 bridgehead atoms. The lowest BCUT2D eigenvalue weighted by Crippen LogP contribution is -2.14. The second-order valence-corrected chi connectivity index (χ2v) is 7.47. The summed E-state index contributed by atoms with van der Waals surface area (Å²) in [5.41, 5.74) is -1.50. The number of aryl methyl sites for hydroxylation is 1. The molecule has 2 aromatic carbocycles. The number of benzene rings is 2. The summed E-state index contributed by atoms with van der Waals surface area (Å²) in [6.45, 7) is 1.71. The highest BCUT2D eigenvalue weighted by atomic mass is 32.2. The van der Waals surface area contributed by atoms with Gasteiger partial charge in [-0.1, -0.05) is 17.7 Å². The maximum absolute atomic E-state index is 13.5. The van der Waals surface area contributed by atoms with E-state index in [1.54, 1.807) is 6.92 Å². The third kappa shape index (κ3) is 4.50. The van der Waals surface area contributed by atoms with Crippen molar-refractivity contribution in [1.82, 2.24) is 10.2 Å². The second kappa shape index (κ2) is 7.39. The molecule has 11 heteroatoms. The molecule has 0 fully saturated rings. The third-order valence-electron chi connectivity index (χ3n) is 3.75. The number of hydrogen-bond acceptors (Lipinski definition) is 5. The van der Waals surface area contributed by atoms with Gasteiger partial charge < -0.3 is 4.18 Å². The highest BCUT2D eigenvalue weighted by Crippen LogP contribution is 2.35. The number of aromatic nitrogens is 2. The van der Waals surface area contributed by atoms with Crippen molar-refractivity contribution in [2.45, 2.75) is 18.0 Å². The molecule has 0 unspecified atom stereocenters. The first-order valence-electron chi connectivity index (χ1n) is 7.89. The van der Waals surface area contributed by atoms with Gasteiger partial charge >= 0.3 is 16.3 Å². The highest BCUT2D eigenvalue weighted by Gasteiger charge is 2.35. The maximum atomic E-state index is 13.5. The minimum atomic E-state index is -4.94. The molecule has 152 valence electrons. The minimum Gasteiger partial charge on any atom is -0.376 e. The van der Waals surface area contributed by atoms with Crippen molar-refractivity contribution < 1.29 is 34.6 Å². The minimum absolute atomic E-state index is 0.223. The first kappa shape index (κ1) is 20.6. The van der Waals surface area contributed by atoms with Crippen molar-refractivity contribution in [3.05, 3.63) is 71.4 Å². The van der Waals surface area contributed by atoms with Crippen LogP contribution < -0.4 is 4.18 Å². The molecule has 0 N–H and O–H groups in total. The molecule has 0 spiro atoms. The topological polar surface area (TPSA) is 69.2 Å². The summed E-state index contributed by atoms with van der Waals surface area (Å²) in [6, 6.07) is 8.04. The number of nitrogens with zero attached hydrogens (tertiary/aromatic N) is 2. The van der Waals surface area contributed by atoms with Gasteiger partial charge in [-0.05, 0) is 37.3 Å². The summed E-state index contributed by atoms with van der Waals surface area (Å²) in [7, 11) is -4.54. The summed E-state index contributed by atoms with van der Waals surface area (Å²) in [4.78, 5) is -0.315.